The third-order valence-electron chi connectivity index (χ3n) is 3.73. The van der Waals surface area contributed by atoms with Crippen LogP contribution >= 0.6 is 11.3 Å². The van der Waals surface area contributed by atoms with Crippen molar-refractivity contribution in [2.24, 2.45) is 0 Å². The quantitative estimate of drug-likeness (QED) is 0.564. The van der Waals surface area contributed by atoms with E-state index in [4.69, 9.17) is 0 Å². The van der Waals surface area contributed by atoms with Crippen molar-refractivity contribution in [2.75, 3.05) is 6.26 Å². The maximum Gasteiger partial charge on any atom is 0.213 e. The Balaban J connectivity index is 1.94. The molecule has 7 heteroatoms. The summed E-state index contributed by atoms with van der Waals surface area (Å²) in [6.45, 7) is 0. The van der Waals surface area contributed by atoms with E-state index >= 15 is 0 Å². The lowest BCUT2D eigenvalue weighted by Gasteiger charge is -2.06. The van der Waals surface area contributed by atoms with Gasteiger partial charge in [0.2, 0.25) is 4.96 Å². The minimum atomic E-state index is -3.21. The molecule has 0 aliphatic carbocycles. The molecular weight excluding hydrogens is 342 g/mol. The highest BCUT2D eigenvalue weighted by molar-refractivity contribution is 7.90. The molecule has 0 amide bonds. The molecule has 2 heterocycles. The summed E-state index contributed by atoms with van der Waals surface area (Å²) in [7, 11) is -3.21. The topological polar surface area (TPSA) is 64.3 Å². The molecule has 2 aromatic heterocycles. The molecule has 120 valence electrons. The largest absolute Gasteiger partial charge is 0.224 e. The summed E-state index contributed by atoms with van der Waals surface area (Å²) in [6, 6.07) is 16.9. The zero-order valence-electron chi connectivity index (χ0n) is 12.7. The predicted octanol–water partition coefficient (Wildman–Crippen LogP) is 3.53. The number of nitrogens with zero attached hydrogens (tertiary/aromatic N) is 3. The molecule has 0 aliphatic heterocycles. The van der Waals surface area contributed by atoms with E-state index in [0.29, 0.717) is 4.90 Å². The average Bonchev–Trinajstić information content (AvgIpc) is 3.15. The zero-order chi connectivity index (χ0) is 16.7. The number of hydrogen-bond acceptors (Lipinski definition) is 5. The van der Waals surface area contributed by atoms with Gasteiger partial charge in [-0.1, -0.05) is 53.8 Å². The fraction of sp³-hybridized carbons (Fsp3) is 0.0588. The van der Waals surface area contributed by atoms with Crippen LogP contribution in [0, 0.1) is 0 Å². The van der Waals surface area contributed by atoms with Gasteiger partial charge in [0.15, 0.2) is 9.84 Å². The van der Waals surface area contributed by atoms with Crippen molar-refractivity contribution >= 4 is 26.1 Å². The lowest BCUT2D eigenvalue weighted by atomic mass is 10.1. The highest BCUT2D eigenvalue weighted by atomic mass is 32.2. The van der Waals surface area contributed by atoms with Gasteiger partial charge in [-0.15, -0.1) is 0 Å². The standard InChI is InChI=1S/C17H13N3O2S2/c1-24(21,22)14-9-7-12(8-10-14)15-16(13-5-3-2-4-6-13)23-17-18-11-19-20(15)17/h2-11H,1H3. The molecule has 0 spiro atoms. The fourth-order valence-electron chi connectivity index (χ4n) is 2.59. The molecule has 0 atom stereocenters. The van der Waals surface area contributed by atoms with Gasteiger partial charge in [-0.3, -0.25) is 0 Å². The second-order valence-corrected chi connectivity index (χ2v) is 8.39. The van der Waals surface area contributed by atoms with Crippen molar-refractivity contribution in [3.63, 3.8) is 0 Å². The van der Waals surface area contributed by atoms with Crippen LogP contribution in [-0.2, 0) is 9.84 Å². The monoisotopic (exact) mass is 355 g/mol. The van der Waals surface area contributed by atoms with Crippen LogP contribution < -0.4 is 0 Å². The van der Waals surface area contributed by atoms with E-state index in [2.05, 4.69) is 10.1 Å². The van der Waals surface area contributed by atoms with Gasteiger partial charge in [-0.2, -0.15) is 5.10 Å². The number of benzene rings is 2. The molecule has 0 bridgehead atoms. The van der Waals surface area contributed by atoms with Gasteiger partial charge in [0, 0.05) is 11.8 Å². The van der Waals surface area contributed by atoms with Crippen LogP contribution in [0.25, 0.3) is 26.7 Å². The van der Waals surface area contributed by atoms with E-state index in [0.717, 1.165) is 26.7 Å². The molecule has 4 aromatic rings. The first kappa shape index (κ1) is 15.0. The van der Waals surface area contributed by atoms with Crippen LogP contribution in [0.5, 0.6) is 0 Å². The molecular formula is C17H13N3O2S2. The molecule has 0 saturated carbocycles. The van der Waals surface area contributed by atoms with E-state index in [-0.39, 0.29) is 0 Å². The summed E-state index contributed by atoms with van der Waals surface area (Å²) >= 11 is 1.56. The van der Waals surface area contributed by atoms with E-state index in [1.165, 1.54) is 12.6 Å². The van der Waals surface area contributed by atoms with Crippen molar-refractivity contribution in [3.8, 4) is 21.7 Å². The molecule has 24 heavy (non-hydrogen) atoms. The maximum absolute atomic E-state index is 11.7. The van der Waals surface area contributed by atoms with Gasteiger partial charge in [-0.05, 0) is 17.7 Å². The van der Waals surface area contributed by atoms with E-state index < -0.39 is 9.84 Å². The van der Waals surface area contributed by atoms with E-state index in [1.54, 1.807) is 28.0 Å². The van der Waals surface area contributed by atoms with Crippen LogP contribution in [0.4, 0.5) is 0 Å². The summed E-state index contributed by atoms with van der Waals surface area (Å²) in [4.78, 5) is 6.44. The van der Waals surface area contributed by atoms with Crippen LogP contribution in [-0.4, -0.2) is 29.3 Å². The lowest BCUT2D eigenvalue weighted by molar-refractivity contribution is 0.602. The fourth-order valence-corrected chi connectivity index (χ4v) is 4.28. The van der Waals surface area contributed by atoms with Crippen LogP contribution in [0.15, 0.2) is 65.8 Å². The van der Waals surface area contributed by atoms with E-state index in [9.17, 15) is 8.42 Å². The molecule has 5 nitrogen and oxygen atoms in total. The van der Waals surface area contributed by atoms with Gasteiger partial charge < -0.3 is 0 Å². The summed E-state index contributed by atoms with van der Waals surface area (Å²) in [5, 5.41) is 4.31. The van der Waals surface area contributed by atoms with Gasteiger partial charge in [0.25, 0.3) is 0 Å². The molecule has 4 rings (SSSR count). The maximum atomic E-state index is 11.7. The Hall–Kier alpha value is -2.51. The highest BCUT2D eigenvalue weighted by Crippen LogP contribution is 2.38. The van der Waals surface area contributed by atoms with Crippen molar-refractivity contribution < 1.29 is 8.42 Å². The molecule has 0 aliphatic rings. The number of aromatic nitrogens is 3. The Morgan fingerprint density at radius 3 is 2.33 bits per heavy atom. The summed E-state index contributed by atoms with van der Waals surface area (Å²) in [5.74, 6) is 0. The number of sulfone groups is 1. The molecule has 2 aromatic carbocycles. The average molecular weight is 355 g/mol. The zero-order valence-corrected chi connectivity index (χ0v) is 14.4. The van der Waals surface area contributed by atoms with Crippen LogP contribution in [0.3, 0.4) is 0 Å². The number of hydrogen-bond donors (Lipinski definition) is 0. The Bertz CT molecular complexity index is 1110. The first-order valence-corrected chi connectivity index (χ1v) is 9.93. The SMILES string of the molecule is CS(=O)(=O)c1ccc(-c2c(-c3ccccc3)sc3ncnn23)cc1. The summed E-state index contributed by atoms with van der Waals surface area (Å²) in [5.41, 5.74) is 2.90. The van der Waals surface area contributed by atoms with Gasteiger partial charge >= 0.3 is 0 Å². The van der Waals surface area contributed by atoms with E-state index in [1.807, 2.05) is 42.5 Å². The normalized spacial score (nSPS) is 11.9. The van der Waals surface area contributed by atoms with Crippen LogP contribution in [0.2, 0.25) is 0 Å². The Morgan fingerprint density at radius 2 is 1.67 bits per heavy atom. The van der Waals surface area contributed by atoms with Gasteiger partial charge in [0.1, 0.15) is 6.33 Å². The first-order chi connectivity index (χ1) is 11.5. The van der Waals surface area contributed by atoms with Gasteiger partial charge in [-0.25, -0.2) is 17.9 Å². The molecule has 0 radical (unpaired) electrons. The third-order valence-corrected chi connectivity index (χ3v) is 5.95. The van der Waals surface area contributed by atoms with Gasteiger partial charge in [0.05, 0.1) is 15.5 Å². The second kappa shape index (κ2) is 5.54. The molecule has 0 unspecified atom stereocenters. The van der Waals surface area contributed by atoms with Crippen molar-refractivity contribution in [1.29, 1.82) is 0 Å². The van der Waals surface area contributed by atoms with Crippen molar-refractivity contribution in [1.82, 2.24) is 14.6 Å². The van der Waals surface area contributed by atoms with Crippen molar-refractivity contribution in [2.45, 2.75) is 4.90 Å². The highest BCUT2D eigenvalue weighted by Gasteiger charge is 2.18. The first-order valence-electron chi connectivity index (χ1n) is 7.22. The Labute approximate surface area is 143 Å². The second-order valence-electron chi connectivity index (χ2n) is 5.40. The third kappa shape index (κ3) is 2.51. The summed E-state index contributed by atoms with van der Waals surface area (Å²) < 4.78 is 25.1. The predicted molar refractivity (Wildman–Crippen MR) is 94.8 cm³/mol. The number of fused-ring (bicyclic) bond motifs is 1. The Kier molecular flexibility index (Phi) is 3.47. The van der Waals surface area contributed by atoms with Crippen molar-refractivity contribution in [3.05, 3.63) is 60.9 Å². The van der Waals surface area contributed by atoms with Crippen LogP contribution in [0.1, 0.15) is 0 Å². The number of rotatable bonds is 3. The Morgan fingerprint density at radius 1 is 0.958 bits per heavy atom. The minimum Gasteiger partial charge on any atom is -0.224 e. The minimum absolute atomic E-state index is 0.303. The molecule has 0 saturated heterocycles. The lowest BCUT2D eigenvalue weighted by Crippen LogP contribution is -1.97. The molecule has 0 N–H and O–H groups in total. The molecule has 0 fully saturated rings. The smallest absolute Gasteiger partial charge is 0.213 e. The number of thiazole rings is 1. The summed E-state index contributed by atoms with van der Waals surface area (Å²) in [6.07, 6.45) is 2.73.